The van der Waals surface area contributed by atoms with Crippen LogP contribution in [0.25, 0.3) is 0 Å². The van der Waals surface area contributed by atoms with Crippen molar-refractivity contribution < 1.29 is 24.2 Å². The molecule has 4 fully saturated rings. The number of rotatable bonds is 8. The third kappa shape index (κ3) is 4.17. The highest BCUT2D eigenvalue weighted by molar-refractivity contribution is 5.99. The predicted molar refractivity (Wildman–Crippen MR) is 128 cm³/mol. The molecule has 1 aromatic heterocycles. The third-order valence-corrected chi connectivity index (χ3v) is 8.45. The number of carbonyl (C=O) groups is 2. The number of benzene rings is 1. The van der Waals surface area contributed by atoms with Crippen LogP contribution in [0.4, 0.5) is 0 Å². The molecule has 4 bridgehead atoms. The Balaban J connectivity index is 1.22. The van der Waals surface area contributed by atoms with E-state index in [2.05, 4.69) is 16.7 Å². The molecule has 6 nitrogen and oxygen atoms in total. The van der Waals surface area contributed by atoms with Crippen LogP contribution in [-0.2, 0) is 22.5 Å². The van der Waals surface area contributed by atoms with E-state index in [4.69, 9.17) is 9.47 Å². The van der Waals surface area contributed by atoms with E-state index in [1.165, 1.54) is 5.56 Å². The highest BCUT2D eigenvalue weighted by Gasteiger charge is 2.60. The number of aliphatic hydroxyl groups is 1. The molecule has 2 aromatic rings. The van der Waals surface area contributed by atoms with E-state index in [0.29, 0.717) is 23.8 Å². The molecule has 4 aliphatic carbocycles. The zero-order chi connectivity index (χ0) is 24.1. The van der Waals surface area contributed by atoms with Gasteiger partial charge in [0, 0.05) is 23.5 Å². The van der Waals surface area contributed by atoms with Gasteiger partial charge >= 0.3 is 5.97 Å². The predicted octanol–water partition coefficient (Wildman–Crippen LogP) is 4.41. The summed E-state index contributed by atoms with van der Waals surface area (Å²) in [5, 5.41) is 10.9. The third-order valence-electron chi connectivity index (χ3n) is 8.45. The first kappa shape index (κ1) is 23.2. The Labute approximate surface area is 201 Å². The average Bonchev–Trinajstić information content (AvgIpc) is 3.07. The summed E-state index contributed by atoms with van der Waals surface area (Å²) < 4.78 is 13.0. The summed E-state index contributed by atoms with van der Waals surface area (Å²) in [6.45, 7) is 4.48. The molecule has 2 atom stereocenters. The van der Waals surface area contributed by atoms with Gasteiger partial charge in [-0.1, -0.05) is 12.1 Å². The van der Waals surface area contributed by atoms with Gasteiger partial charge in [0.1, 0.15) is 5.75 Å². The number of hydrogen-bond acceptors (Lipinski definition) is 5. The van der Waals surface area contributed by atoms with Gasteiger partial charge in [0.05, 0.1) is 18.1 Å². The monoisotopic (exact) mass is 465 g/mol. The first-order valence-electron chi connectivity index (χ1n) is 12.4. The molecule has 6 heteroatoms. The van der Waals surface area contributed by atoms with Crippen LogP contribution in [0.2, 0.25) is 0 Å². The Morgan fingerprint density at radius 3 is 2.38 bits per heavy atom. The summed E-state index contributed by atoms with van der Waals surface area (Å²) in [5.74, 6) is 1.18. The Kier molecular flexibility index (Phi) is 5.83. The van der Waals surface area contributed by atoms with Gasteiger partial charge in [-0.3, -0.25) is 9.59 Å². The number of Topliss-reactive ketones (excluding diaryl/α,β-unsaturated/α-hetero) is 1. The number of nitrogens with zero attached hydrogens (tertiary/aromatic N) is 1. The second-order valence-electron chi connectivity index (χ2n) is 11.0. The van der Waals surface area contributed by atoms with Crippen LogP contribution in [0, 0.1) is 31.1 Å². The van der Waals surface area contributed by atoms with Gasteiger partial charge in [-0.2, -0.15) is 0 Å². The van der Waals surface area contributed by atoms with E-state index in [1.54, 1.807) is 7.11 Å². The van der Waals surface area contributed by atoms with Gasteiger partial charge in [0.2, 0.25) is 5.78 Å². The maximum atomic E-state index is 13.1. The van der Waals surface area contributed by atoms with Crippen molar-refractivity contribution in [3.05, 3.63) is 52.8 Å². The number of carbonyl (C=O) groups excluding carboxylic acids is 2. The van der Waals surface area contributed by atoms with Gasteiger partial charge in [0.25, 0.3) is 0 Å². The fraction of sp³-hybridized carbons (Fsp3) is 0.571. The Morgan fingerprint density at radius 1 is 1.09 bits per heavy atom. The minimum Gasteiger partial charge on any atom is -0.497 e. The van der Waals surface area contributed by atoms with Crippen LogP contribution < -0.4 is 4.74 Å². The van der Waals surface area contributed by atoms with Crippen molar-refractivity contribution in [1.29, 1.82) is 0 Å². The summed E-state index contributed by atoms with van der Waals surface area (Å²) >= 11 is 0. The summed E-state index contributed by atoms with van der Waals surface area (Å²) in [6.07, 6.45) is 5.63. The minimum atomic E-state index is -0.720. The second kappa shape index (κ2) is 8.56. The van der Waals surface area contributed by atoms with E-state index < -0.39 is 11.0 Å². The van der Waals surface area contributed by atoms with Crippen molar-refractivity contribution in [2.75, 3.05) is 13.7 Å². The number of ketones is 1. The van der Waals surface area contributed by atoms with E-state index in [9.17, 15) is 14.7 Å². The zero-order valence-electron chi connectivity index (χ0n) is 20.4. The van der Waals surface area contributed by atoms with Crippen molar-refractivity contribution in [3.8, 4) is 5.75 Å². The molecule has 1 heterocycles. The summed E-state index contributed by atoms with van der Waals surface area (Å²) in [4.78, 5) is 26.2. The fourth-order valence-corrected chi connectivity index (χ4v) is 7.28. The van der Waals surface area contributed by atoms with E-state index >= 15 is 0 Å². The molecule has 4 aliphatic rings. The van der Waals surface area contributed by atoms with Crippen molar-refractivity contribution in [2.45, 2.75) is 70.9 Å². The molecule has 0 radical (unpaired) electrons. The summed E-state index contributed by atoms with van der Waals surface area (Å²) in [7, 11) is 1.66. The van der Waals surface area contributed by atoms with Crippen molar-refractivity contribution in [1.82, 2.24) is 4.57 Å². The molecule has 4 saturated carbocycles. The van der Waals surface area contributed by atoms with Gasteiger partial charge in [-0.25, -0.2) is 0 Å². The van der Waals surface area contributed by atoms with Crippen LogP contribution in [0.1, 0.15) is 65.8 Å². The lowest BCUT2D eigenvalue weighted by Crippen LogP contribution is -2.58. The van der Waals surface area contributed by atoms with Crippen molar-refractivity contribution in [2.24, 2.45) is 17.3 Å². The zero-order valence-corrected chi connectivity index (χ0v) is 20.4. The number of aromatic nitrogens is 1. The average molecular weight is 466 g/mol. The maximum Gasteiger partial charge on any atom is 0.312 e. The number of hydrogen-bond donors (Lipinski definition) is 1. The number of aryl methyl sites for hydroxylation is 2. The van der Waals surface area contributed by atoms with Crippen LogP contribution >= 0.6 is 0 Å². The lowest BCUT2D eigenvalue weighted by atomic mass is 9.48. The van der Waals surface area contributed by atoms with E-state index in [0.717, 1.165) is 62.2 Å². The van der Waals surface area contributed by atoms with Crippen LogP contribution in [0.5, 0.6) is 5.75 Å². The molecule has 0 amide bonds. The fourth-order valence-electron chi connectivity index (χ4n) is 7.28. The van der Waals surface area contributed by atoms with Crippen LogP contribution in [0.3, 0.4) is 0 Å². The van der Waals surface area contributed by atoms with Gasteiger partial charge < -0.3 is 19.1 Å². The SMILES string of the molecule is COc1ccc(CCn2c(C)cc(C(=O)COC(=O)C34CC5CC(CC(O)(C5)C3)C4)c2C)cc1. The first-order valence-corrected chi connectivity index (χ1v) is 12.4. The number of esters is 1. The lowest BCUT2D eigenvalue weighted by Gasteiger charge is -2.58. The van der Waals surface area contributed by atoms with E-state index in [1.807, 2.05) is 32.0 Å². The molecule has 1 N–H and O–H groups in total. The summed E-state index contributed by atoms with van der Waals surface area (Å²) in [5.41, 5.74) is 2.41. The van der Waals surface area contributed by atoms with E-state index in [-0.39, 0.29) is 18.4 Å². The molecule has 2 unspecified atom stereocenters. The summed E-state index contributed by atoms with van der Waals surface area (Å²) in [6, 6.07) is 9.92. The molecule has 0 aliphatic heterocycles. The quantitative estimate of drug-likeness (QED) is 0.461. The topological polar surface area (TPSA) is 77.8 Å². The standard InChI is InChI=1S/C28H35NO5/c1-18-10-24(19(2)29(18)9-8-20-4-6-23(33-3)7-5-20)25(30)16-34-26(31)27-12-21-11-22(13-27)15-28(32,14-21)17-27/h4-7,10,21-22,32H,8-9,11-17H2,1-3H3. The molecule has 0 saturated heterocycles. The molecule has 34 heavy (non-hydrogen) atoms. The smallest absolute Gasteiger partial charge is 0.312 e. The molecule has 1 aromatic carbocycles. The molecular weight excluding hydrogens is 430 g/mol. The van der Waals surface area contributed by atoms with Gasteiger partial charge in [-0.15, -0.1) is 0 Å². The normalized spacial score (nSPS) is 29.3. The van der Waals surface area contributed by atoms with Gasteiger partial charge in [-0.05, 0) is 94.4 Å². The van der Waals surface area contributed by atoms with Gasteiger partial charge in [0.15, 0.2) is 6.61 Å². The minimum absolute atomic E-state index is 0.166. The molecule has 6 rings (SSSR count). The number of ether oxygens (including phenoxy) is 2. The second-order valence-corrected chi connectivity index (χ2v) is 11.0. The van der Waals surface area contributed by atoms with Crippen LogP contribution in [-0.4, -0.2) is 40.7 Å². The van der Waals surface area contributed by atoms with Crippen molar-refractivity contribution >= 4 is 11.8 Å². The molecule has 0 spiro atoms. The molecule has 182 valence electrons. The highest BCUT2D eigenvalue weighted by Crippen LogP contribution is 2.62. The van der Waals surface area contributed by atoms with Crippen LogP contribution in [0.15, 0.2) is 30.3 Å². The largest absolute Gasteiger partial charge is 0.497 e. The lowest BCUT2D eigenvalue weighted by molar-refractivity contribution is -0.195. The Bertz CT molecular complexity index is 1080. The molecular formula is C28H35NO5. The Morgan fingerprint density at radius 2 is 1.76 bits per heavy atom. The van der Waals surface area contributed by atoms with Crippen molar-refractivity contribution in [3.63, 3.8) is 0 Å². The highest BCUT2D eigenvalue weighted by atomic mass is 16.5. The first-order chi connectivity index (χ1) is 16.2. The Hall–Kier alpha value is -2.60. The number of methoxy groups -OCH3 is 1. The maximum absolute atomic E-state index is 13.1.